The number of thioether (sulfide) groups is 1. The Morgan fingerprint density at radius 3 is 2.93 bits per heavy atom. The molecule has 0 bridgehead atoms. The summed E-state index contributed by atoms with van der Waals surface area (Å²) in [5.41, 5.74) is 0.271. The average Bonchev–Trinajstić information content (AvgIpc) is 3.14. The number of carbonyl (C=O) groups excluding carboxylic acids is 1. The van der Waals surface area contributed by atoms with Crippen LogP contribution in [0, 0.1) is 11.6 Å². The predicted molar refractivity (Wildman–Crippen MR) is 104 cm³/mol. The van der Waals surface area contributed by atoms with Crippen LogP contribution in [0.3, 0.4) is 0 Å². The van der Waals surface area contributed by atoms with Crippen molar-refractivity contribution < 1.29 is 13.6 Å². The van der Waals surface area contributed by atoms with E-state index in [1.54, 1.807) is 0 Å². The number of rotatable bonds is 3. The zero-order valence-electron chi connectivity index (χ0n) is 14.8. The molecule has 1 aromatic carbocycles. The molecule has 150 valence electrons. The van der Waals surface area contributed by atoms with Gasteiger partial charge in [-0.25, -0.2) is 13.8 Å². The maximum atomic E-state index is 13.6. The maximum absolute atomic E-state index is 13.6. The molecule has 0 saturated carbocycles. The number of halogens is 3. The zero-order valence-corrected chi connectivity index (χ0v) is 16.4. The van der Waals surface area contributed by atoms with Gasteiger partial charge in [0.15, 0.2) is 16.8 Å². The third-order valence-corrected chi connectivity index (χ3v) is 5.94. The van der Waals surface area contributed by atoms with Crippen molar-refractivity contribution in [2.75, 3.05) is 18.8 Å². The van der Waals surface area contributed by atoms with E-state index in [2.05, 4.69) is 15.6 Å². The Labute approximate surface area is 170 Å². The normalized spacial score (nSPS) is 20.9. The van der Waals surface area contributed by atoms with Crippen LogP contribution in [-0.2, 0) is 6.54 Å². The Kier molecular flexibility index (Phi) is 6.36. The molecular formula is C18H19ClF2N4O2S. The van der Waals surface area contributed by atoms with Gasteiger partial charge in [-0.1, -0.05) is 17.8 Å². The molecule has 0 spiro atoms. The van der Waals surface area contributed by atoms with E-state index in [0.29, 0.717) is 36.8 Å². The topological polar surface area (TPSA) is 76.0 Å². The van der Waals surface area contributed by atoms with Crippen molar-refractivity contribution in [3.63, 3.8) is 0 Å². The van der Waals surface area contributed by atoms with Crippen molar-refractivity contribution in [1.29, 1.82) is 0 Å². The SMILES string of the molecule is Cl.O=C(NC1CNCCC1c1ccc(F)c(F)c1)c1cnc2n(c1=O)CCS2. The Hall–Kier alpha value is -1.97. The summed E-state index contributed by atoms with van der Waals surface area (Å²) in [6, 6.07) is 3.47. The van der Waals surface area contributed by atoms with Crippen molar-refractivity contribution >= 4 is 30.1 Å². The number of hydrogen-bond donors (Lipinski definition) is 2. The minimum absolute atomic E-state index is 0. The first-order chi connectivity index (χ1) is 13.0. The molecule has 0 radical (unpaired) electrons. The number of amides is 1. The van der Waals surface area contributed by atoms with Crippen LogP contribution in [-0.4, -0.2) is 40.3 Å². The molecule has 2 aliphatic heterocycles. The van der Waals surface area contributed by atoms with E-state index in [9.17, 15) is 18.4 Å². The summed E-state index contributed by atoms with van der Waals surface area (Å²) in [5.74, 6) is -1.72. The number of nitrogens with one attached hydrogen (secondary N) is 2. The number of carbonyl (C=O) groups is 1. The number of hydrogen-bond acceptors (Lipinski definition) is 5. The van der Waals surface area contributed by atoms with E-state index < -0.39 is 17.5 Å². The first kappa shape index (κ1) is 20.8. The first-order valence-corrected chi connectivity index (χ1v) is 9.72. The highest BCUT2D eigenvalue weighted by Gasteiger charge is 2.30. The minimum atomic E-state index is -0.908. The molecule has 1 saturated heterocycles. The van der Waals surface area contributed by atoms with Gasteiger partial charge in [0.25, 0.3) is 11.5 Å². The molecule has 2 N–H and O–H groups in total. The Balaban J connectivity index is 0.00000225. The molecule has 4 rings (SSSR count). The maximum Gasteiger partial charge on any atom is 0.267 e. The van der Waals surface area contributed by atoms with Crippen molar-refractivity contribution in [1.82, 2.24) is 20.2 Å². The van der Waals surface area contributed by atoms with Crippen LogP contribution in [0.15, 0.2) is 34.3 Å². The Morgan fingerprint density at radius 1 is 1.32 bits per heavy atom. The summed E-state index contributed by atoms with van der Waals surface area (Å²) in [7, 11) is 0. The van der Waals surface area contributed by atoms with Crippen molar-refractivity contribution in [3.8, 4) is 0 Å². The molecule has 1 fully saturated rings. The lowest BCUT2D eigenvalue weighted by atomic mass is 9.86. The van der Waals surface area contributed by atoms with Crippen molar-refractivity contribution in [2.45, 2.75) is 30.1 Å². The molecule has 2 atom stereocenters. The Bertz CT molecular complexity index is 956. The van der Waals surface area contributed by atoms with Crippen molar-refractivity contribution in [3.05, 3.63) is 57.5 Å². The van der Waals surface area contributed by atoms with Crippen LogP contribution < -0.4 is 16.2 Å². The Morgan fingerprint density at radius 2 is 2.14 bits per heavy atom. The summed E-state index contributed by atoms with van der Waals surface area (Å²) in [4.78, 5) is 29.4. The van der Waals surface area contributed by atoms with E-state index in [-0.39, 0.29) is 35.5 Å². The molecule has 6 nitrogen and oxygen atoms in total. The quantitative estimate of drug-likeness (QED) is 0.730. The fourth-order valence-electron chi connectivity index (χ4n) is 3.57. The van der Waals surface area contributed by atoms with Crippen LogP contribution in [0.4, 0.5) is 8.78 Å². The summed E-state index contributed by atoms with van der Waals surface area (Å²) in [6.45, 7) is 1.72. The summed E-state index contributed by atoms with van der Waals surface area (Å²) in [6.07, 6.45) is 1.97. The zero-order chi connectivity index (χ0) is 19.0. The van der Waals surface area contributed by atoms with Gasteiger partial charge in [-0.3, -0.25) is 14.2 Å². The van der Waals surface area contributed by atoms with E-state index in [1.165, 1.54) is 34.7 Å². The predicted octanol–water partition coefficient (Wildman–Crippen LogP) is 1.92. The lowest BCUT2D eigenvalue weighted by Crippen LogP contribution is -2.51. The molecule has 1 amide bonds. The second-order valence-electron chi connectivity index (χ2n) is 6.61. The smallest absolute Gasteiger partial charge is 0.267 e. The van der Waals surface area contributed by atoms with Gasteiger partial charge in [0.05, 0.1) is 0 Å². The highest BCUT2D eigenvalue weighted by Crippen LogP contribution is 2.27. The van der Waals surface area contributed by atoms with Gasteiger partial charge in [-0.15, -0.1) is 12.4 Å². The van der Waals surface area contributed by atoms with Gasteiger partial charge >= 0.3 is 0 Å². The van der Waals surface area contributed by atoms with Crippen LogP contribution in [0.5, 0.6) is 0 Å². The molecule has 10 heteroatoms. The number of benzene rings is 1. The molecule has 3 heterocycles. The lowest BCUT2D eigenvalue weighted by Gasteiger charge is -2.33. The molecule has 2 aliphatic rings. The summed E-state index contributed by atoms with van der Waals surface area (Å²) < 4.78 is 28.4. The fraction of sp³-hybridized carbons (Fsp3) is 0.389. The van der Waals surface area contributed by atoms with Crippen LogP contribution in [0.25, 0.3) is 0 Å². The van der Waals surface area contributed by atoms with Crippen LogP contribution >= 0.6 is 24.2 Å². The highest BCUT2D eigenvalue weighted by atomic mass is 35.5. The van der Waals surface area contributed by atoms with Gasteiger partial charge < -0.3 is 10.6 Å². The van der Waals surface area contributed by atoms with Gasteiger partial charge in [-0.05, 0) is 30.7 Å². The first-order valence-electron chi connectivity index (χ1n) is 8.74. The van der Waals surface area contributed by atoms with Crippen molar-refractivity contribution in [2.24, 2.45) is 0 Å². The fourth-order valence-corrected chi connectivity index (χ4v) is 4.49. The molecule has 2 unspecified atom stereocenters. The molecule has 2 aromatic rings. The number of aromatic nitrogens is 2. The second-order valence-corrected chi connectivity index (χ2v) is 7.67. The molecule has 0 aliphatic carbocycles. The molecular weight excluding hydrogens is 410 g/mol. The average molecular weight is 429 g/mol. The van der Waals surface area contributed by atoms with Gasteiger partial charge in [0.2, 0.25) is 0 Å². The monoisotopic (exact) mass is 428 g/mol. The summed E-state index contributed by atoms with van der Waals surface area (Å²) >= 11 is 1.48. The largest absolute Gasteiger partial charge is 0.347 e. The summed E-state index contributed by atoms with van der Waals surface area (Å²) in [5, 5.41) is 6.68. The number of nitrogens with zero attached hydrogens (tertiary/aromatic N) is 2. The van der Waals surface area contributed by atoms with Crippen LogP contribution in [0.1, 0.15) is 28.3 Å². The van der Waals surface area contributed by atoms with Gasteiger partial charge in [0, 0.05) is 37.0 Å². The lowest BCUT2D eigenvalue weighted by molar-refractivity contribution is 0.0921. The van der Waals surface area contributed by atoms with Crippen LogP contribution in [0.2, 0.25) is 0 Å². The molecule has 28 heavy (non-hydrogen) atoms. The van der Waals surface area contributed by atoms with E-state index in [1.807, 2.05) is 0 Å². The standard InChI is InChI=1S/C18H18F2N4O2S.ClH/c19-13-2-1-10(7-14(13)20)11-3-4-21-9-15(11)23-16(25)12-8-22-18-24(17(12)26)5-6-27-18;/h1-2,7-8,11,15,21H,3-6,9H2,(H,23,25);1H. The second kappa shape index (κ2) is 8.59. The number of piperidine rings is 1. The van der Waals surface area contributed by atoms with E-state index in [0.717, 1.165) is 11.8 Å². The van der Waals surface area contributed by atoms with Gasteiger partial charge in [-0.2, -0.15) is 0 Å². The molecule has 1 aromatic heterocycles. The third-order valence-electron chi connectivity index (χ3n) is 4.97. The van der Waals surface area contributed by atoms with Gasteiger partial charge in [0.1, 0.15) is 5.56 Å². The van der Waals surface area contributed by atoms with E-state index in [4.69, 9.17) is 0 Å². The number of fused-ring (bicyclic) bond motifs is 1. The van der Waals surface area contributed by atoms with E-state index >= 15 is 0 Å². The third kappa shape index (κ3) is 3.92. The highest BCUT2D eigenvalue weighted by molar-refractivity contribution is 7.99. The minimum Gasteiger partial charge on any atom is -0.347 e.